The molecule has 1 rings (SSSR count). The summed E-state index contributed by atoms with van der Waals surface area (Å²) in [4.78, 5) is 0. The molecule has 0 aromatic heterocycles. The SMILES string of the molecule is C=COCCCNC1CCCC(OC)C1. The summed E-state index contributed by atoms with van der Waals surface area (Å²) in [5.74, 6) is 0. The maximum Gasteiger partial charge on any atom is 0.0885 e. The molecule has 0 aliphatic heterocycles. The van der Waals surface area contributed by atoms with Crippen LogP contribution < -0.4 is 5.32 Å². The highest BCUT2D eigenvalue weighted by atomic mass is 16.5. The number of hydrogen-bond acceptors (Lipinski definition) is 3. The monoisotopic (exact) mass is 213 g/mol. The van der Waals surface area contributed by atoms with E-state index in [2.05, 4.69) is 11.9 Å². The molecular weight excluding hydrogens is 190 g/mol. The highest BCUT2D eigenvalue weighted by Crippen LogP contribution is 2.20. The van der Waals surface area contributed by atoms with Crippen molar-refractivity contribution in [2.75, 3.05) is 20.3 Å². The molecule has 3 nitrogen and oxygen atoms in total. The van der Waals surface area contributed by atoms with Crippen LogP contribution in [0.4, 0.5) is 0 Å². The van der Waals surface area contributed by atoms with Crippen LogP contribution in [0.5, 0.6) is 0 Å². The fourth-order valence-electron chi connectivity index (χ4n) is 2.09. The van der Waals surface area contributed by atoms with Crippen molar-refractivity contribution in [1.29, 1.82) is 0 Å². The molecule has 2 unspecified atom stereocenters. The Hall–Kier alpha value is -0.540. The van der Waals surface area contributed by atoms with Crippen molar-refractivity contribution in [1.82, 2.24) is 5.32 Å². The van der Waals surface area contributed by atoms with E-state index in [1.807, 2.05) is 7.11 Å². The summed E-state index contributed by atoms with van der Waals surface area (Å²) >= 11 is 0. The minimum absolute atomic E-state index is 0.459. The topological polar surface area (TPSA) is 30.5 Å². The van der Waals surface area contributed by atoms with Gasteiger partial charge >= 0.3 is 0 Å². The molecule has 2 atom stereocenters. The Morgan fingerprint density at radius 1 is 1.47 bits per heavy atom. The third kappa shape index (κ3) is 5.19. The van der Waals surface area contributed by atoms with Gasteiger partial charge in [0.05, 0.1) is 19.0 Å². The zero-order chi connectivity index (χ0) is 10.9. The van der Waals surface area contributed by atoms with Crippen molar-refractivity contribution < 1.29 is 9.47 Å². The van der Waals surface area contributed by atoms with Gasteiger partial charge in [0, 0.05) is 13.2 Å². The second-order valence-electron chi connectivity index (χ2n) is 4.07. The predicted octanol–water partition coefficient (Wildman–Crippen LogP) is 2.08. The van der Waals surface area contributed by atoms with Gasteiger partial charge in [-0.15, -0.1) is 0 Å². The van der Waals surface area contributed by atoms with Crippen LogP contribution in [0, 0.1) is 0 Å². The van der Waals surface area contributed by atoms with Gasteiger partial charge in [-0.3, -0.25) is 0 Å². The lowest BCUT2D eigenvalue weighted by molar-refractivity contribution is 0.0586. The van der Waals surface area contributed by atoms with E-state index in [1.165, 1.54) is 25.5 Å². The third-order valence-corrected chi connectivity index (χ3v) is 2.95. The van der Waals surface area contributed by atoms with Crippen LogP contribution >= 0.6 is 0 Å². The molecule has 15 heavy (non-hydrogen) atoms. The maximum atomic E-state index is 5.39. The van der Waals surface area contributed by atoms with Gasteiger partial charge < -0.3 is 14.8 Å². The Morgan fingerprint density at radius 3 is 3.07 bits per heavy atom. The summed E-state index contributed by atoms with van der Waals surface area (Å²) in [5.41, 5.74) is 0. The van der Waals surface area contributed by atoms with Crippen molar-refractivity contribution in [3.05, 3.63) is 12.8 Å². The van der Waals surface area contributed by atoms with E-state index in [-0.39, 0.29) is 0 Å². The van der Waals surface area contributed by atoms with Gasteiger partial charge in [-0.1, -0.05) is 6.58 Å². The first-order chi connectivity index (χ1) is 7.36. The fourth-order valence-corrected chi connectivity index (χ4v) is 2.09. The van der Waals surface area contributed by atoms with E-state index < -0.39 is 0 Å². The Bertz CT molecular complexity index is 173. The zero-order valence-corrected chi connectivity index (χ0v) is 9.71. The van der Waals surface area contributed by atoms with Crippen molar-refractivity contribution in [2.45, 2.75) is 44.2 Å². The van der Waals surface area contributed by atoms with Gasteiger partial charge in [-0.2, -0.15) is 0 Å². The molecule has 88 valence electrons. The van der Waals surface area contributed by atoms with Gasteiger partial charge in [0.2, 0.25) is 0 Å². The van der Waals surface area contributed by atoms with Gasteiger partial charge in [-0.05, 0) is 38.6 Å². The molecule has 0 heterocycles. The van der Waals surface area contributed by atoms with Crippen LogP contribution in [-0.2, 0) is 9.47 Å². The lowest BCUT2D eigenvalue weighted by Gasteiger charge is -2.28. The maximum absolute atomic E-state index is 5.39. The molecular formula is C12H23NO2. The fraction of sp³-hybridized carbons (Fsp3) is 0.833. The molecule has 3 heteroatoms. The van der Waals surface area contributed by atoms with Gasteiger partial charge in [0.1, 0.15) is 0 Å². The second kappa shape index (κ2) is 7.71. The number of rotatable bonds is 7. The molecule has 0 spiro atoms. The first-order valence-electron chi connectivity index (χ1n) is 5.85. The Morgan fingerprint density at radius 2 is 2.33 bits per heavy atom. The van der Waals surface area contributed by atoms with E-state index in [0.29, 0.717) is 12.1 Å². The van der Waals surface area contributed by atoms with E-state index in [0.717, 1.165) is 26.0 Å². The molecule has 1 fully saturated rings. The first-order valence-corrected chi connectivity index (χ1v) is 5.85. The molecule has 0 saturated heterocycles. The van der Waals surface area contributed by atoms with Crippen LogP contribution in [0.1, 0.15) is 32.1 Å². The number of hydrogen-bond donors (Lipinski definition) is 1. The van der Waals surface area contributed by atoms with Gasteiger partial charge in [0.25, 0.3) is 0 Å². The molecule has 1 N–H and O–H groups in total. The average Bonchev–Trinajstić information content (AvgIpc) is 2.29. The summed E-state index contributed by atoms with van der Waals surface area (Å²) in [5, 5.41) is 3.55. The lowest BCUT2D eigenvalue weighted by atomic mass is 9.93. The highest BCUT2D eigenvalue weighted by molar-refractivity contribution is 4.78. The zero-order valence-electron chi connectivity index (χ0n) is 9.71. The first kappa shape index (κ1) is 12.5. The summed E-state index contributed by atoms with van der Waals surface area (Å²) in [6.07, 6.45) is 7.93. The molecule has 1 aliphatic rings. The Labute approximate surface area is 92.8 Å². The van der Waals surface area contributed by atoms with Crippen molar-refractivity contribution in [3.8, 4) is 0 Å². The van der Waals surface area contributed by atoms with Crippen LogP contribution in [0.25, 0.3) is 0 Å². The largest absolute Gasteiger partial charge is 0.502 e. The van der Waals surface area contributed by atoms with E-state index >= 15 is 0 Å². The number of methoxy groups -OCH3 is 1. The lowest BCUT2D eigenvalue weighted by Crippen LogP contribution is -2.37. The average molecular weight is 213 g/mol. The van der Waals surface area contributed by atoms with Crippen molar-refractivity contribution in [3.63, 3.8) is 0 Å². The molecule has 0 aromatic carbocycles. The standard InChI is InChI=1S/C12H23NO2/c1-3-15-9-5-8-13-11-6-4-7-12(10-11)14-2/h3,11-13H,1,4-10H2,2H3. The Balaban J connectivity index is 2.02. The molecule has 0 radical (unpaired) electrons. The third-order valence-electron chi connectivity index (χ3n) is 2.95. The van der Waals surface area contributed by atoms with Gasteiger partial charge in [-0.25, -0.2) is 0 Å². The van der Waals surface area contributed by atoms with Crippen LogP contribution in [0.3, 0.4) is 0 Å². The Kier molecular flexibility index (Phi) is 6.44. The summed E-state index contributed by atoms with van der Waals surface area (Å²) in [7, 11) is 1.81. The normalized spacial score (nSPS) is 26.2. The second-order valence-corrected chi connectivity index (χ2v) is 4.07. The smallest absolute Gasteiger partial charge is 0.0885 e. The number of nitrogens with one attached hydrogen (secondary N) is 1. The van der Waals surface area contributed by atoms with E-state index in [4.69, 9.17) is 9.47 Å². The van der Waals surface area contributed by atoms with Crippen LogP contribution in [0.15, 0.2) is 12.8 Å². The van der Waals surface area contributed by atoms with Crippen LogP contribution in [-0.4, -0.2) is 32.4 Å². The minimum Gasteiger partial charge on any atom is -0.502 e. The van der Waals surface area contributed by atoms with E-state index in [9.17, 15) is 0 Å². The molecule has 1 aliphatic carbocycles. The molecule has 0 bridgehead atoms. The number of ether oxygens (including phenoxy) is 2. The molecule has 1 saturated carbocycles. The predicted molar refractivity (Wildman–Crippen MR) is 61.8 cm³/mol. The van der Waals surface area contributed by atoms with Crippen LogP contribution in [0.2, 0.25) is 0 Å². The quantitative estimate of drug-likeness (QED) is 0.519. The molecule has 0 aromatic rings. The van der Waals surface area contributed by atoms with E-state index in [1.54, 1.807) is 0 Å². The highest BCUT2D eigenvalue weighted by Gasteiger charge is 2.20. The molecule has 0 amide bonds. The minimum atomic E-state index is 0.459. The summed E-state index contributed by atoms with van der Waals surface area (Å²) in [6, 6.07) is 0.632. The van der Waals surface area contributed by atoms with Crippen molar-refractivity contribution in [2.24, 2.45) is 0 Å². The van der Waals surface area contributed by atoms with Gasteiger partial charge in [0.15, 0.2) is 0 Å². The summed E-state index contributed by atoms with van der Waals surface area (Å²) < 4.78 is 10.5. The van der Waals surface area contributed by atoms with Crippen molar-refractivity contribution >= 4 is 0 Å². The summed E-state index contributed by atoms with van der Waals surface area (Å²) in [6.45, 7) is 5.29.